The summed E-state index contributed by atoms with van der Waals surface area (Å²) in [5, 5.41) is 3.28. The molecule has 5 heteroatoms. The molecule has 0 aliphatic carbocycles. The van der Waals surface area contributed by atoms with E-state index in [-0.39, 0.29) is 11.7 Å². The number of amides is 1. The average Bonchev–Trinajstić information content (AvgIpc) is 2.28. The molecule has 1 aliphatic rings. The number of nitrogens with one attached hydrogen (secondary N) is 1. The minimum atomic E-state index is -0.345. The molecule has 1 amide bonds. The molecule has 2 rings (SSSR count). The molecular weight excluding hydrogens is 287 g/mol. The van der Waals surface area contributed by atoms with Gasteiger partial charge in [-0.3, -0.25) is 4.79 Å². The summed E-state index contributed by atoms with van der Waals surface area (Å²) in [7, 11) is 0. The second-order valence-electron chi connectivity index (χ2n) is 4.23. The summed E-state index contributed by atoms with van der Waals surface area (Å²) in [6, 6.07) is 4.45. The maximum absolute atomic E-state index is 13.0. The topological polar surface area (TPSA) is 32.3 Å². The zero-order chi connectivity index (χ0) is 12.4. The fraction of sp³-hybridized carbons (Fsp3) is 0.417. The molecule has 0 bridgehead atoms. The van der Waals surface area contributed by atoms with E-state index in [0.717, 1.165) is 6.54 Å². The fourth-order valence-electron chi connectivity index (χ4n) is 1.95. The highest BCUT2D eigenvalue weighted by Crippen LogP contribution is 2.20. The van der Waals surface area contributed by atoms with E-state index in [4.69, 9.17) is 0 Å². The van der Waals surface area contributed by atoms with Gasteiger partial charge in [-0.1, -0.05) is 0 Å². The zero-order valence-electron chi connectivity index (χ0n) is 9.54. The molecule has 1 atom stereocenters. The van der Waals surface area contributed by atoms with Crippen LogP contribution in [0.4, 0.5) is 4.39 Å². The Labute approximate surface area is 108 Å². The monoisotopic (exact) mass is 300 g/mol. The highest BCUT2D eigenvalue weighted by Gasteiger charge is 2.23. The Morgan fingerprint density at radius 3 is 3.00 bits per heavy atom. The first kappa shape index (κ1) is 12.5. The summed E-state index contributed by atoms with van der Waals surface area (Å²) >= 11 is 3.23. The van der Waals surface area contributed by atoms with Crippen LogP contribution in [0.5, 0.6) is 0 Å². The van der Waals surface area contributed by atoms with Crippen LogP contribution in [0.1, 0.15) is 17.3 Å². The SMILES string of the molecule is C[C@@H]1CN(C(=O)c2ccc(F)cc2Br)CCN1. The maximum Gasteiger partial charge on any atom is 0.255 e. The second-order valence-corrected chi connectivity index (χ2v) is 5.08. The van der Waals surface area contributed by atoms with Crippen molar-refractivity contribution < 1.29 is 9.18 Å². The standard InChI is InChI=1S/C12H14BrFN2O/c1-8-7-16(5-4-15-8)12(17)10-3-2-9(14)6-11(10)13/h2-3,6,8,15H,4-5,7H2,1H3/t8-/m1/s1. The van der Waals surface area contributed by atoms with Crippen molar-refractivity contribution in [3.05, 3.63) is 34.1 Å². The third kappa shape index (κ3) is 2.84. The molecule has 1 N–H and O–H groups in total. The molecular formula is C12H14BrFN2O. The molecule has 17 heavy (non-hydrogen) atoms. The maximum atomic E-state index is 13.0. The summed E-state index contributed by atoms with van der Waals surface area (Å²) in [5.41, 5.74) is 0.514. The van der Waals surface area contributed by atoms with Crippen LogP contribution in [0.25, 0.3) is 0 Å². The van der Waals surface area contributed by atoms with Crippen LogP contribution in [0.2, 0.25) is 0 Å². The van der Waals surface area contributed by atoms with Gasteiger partial charge in [-0.05, 0) is 41.1 Å². The van der Waals surface area contributed by atoms with Crippen molar-refractivity contribution in [1.82, 2.24) is 10.2 Å². The molecule has 1 heterocycles. The van der Waals surface area contributed by atoms with Gasteiger partial charge < -0.3 is 10.2 Å². The number of rotatable bonds is 1. The van der Waals surface area contributed by atoms with E-state index in [1.54, 1.807) is 4.90 Å². The van der Waals surface area contributed by atoms with Crippen LogP contribution in [0, 0.1) is 5.82 Å². The lowest BCUT2D eigenvalue weighted by Gasteiger charge is -2.32. The molecule has 0 unspecified atom stereocenters. The van der Waals surface area contributed by atoms with Gasteiger partial charge in [0.2, 0.25) is 0 Å². The van der Waals surface area contributed by atoms with E-state index in [2.05, 4.69) is 21.2 Å². The van der Waals surface area contributed by atoms with E-state index in [1.807, 2.05) is 6.92 Å². The van der Waals surface area contributed by atoms with Gasteiger partial charge in [0.05, 0.1) is 5.56 Å². The molecule has 1 aliphatic heterocycles. The Morgan fingerprint density at radius 2 is 2.35 bits per heavy atom. The largest absolute Gasteiger partial charge is 0.336 e. The molecule has 1 saturated heterocycles. The predicted octanol–water partition coefficient (Wildman–Crippen LogP) is 2.02. The highest BCUT2D eigenvalue weighted by molar-refractivity contribution is 9.10. The van der Waals surface area contributed by atoms with Gasteiger partial charge in [-0.15, -0.1) is 0 Å². The zero-order valence-corrected chi connectivity index (χ0v) is 11.1. The summed E-state index contributed by atoms with van der Waals surface area (Å²) in [5.74, 6) is -0.396. The molecule has 0 spiro atoms. The van der Waals surface area contributed by atoms with E-state index >= 15 is 0 Å². The van der Waals surface area contributed by atoms with Gasteiger partial charge in [-0.2, -0.15) is 0 Å². The predicted molar refractivity (Wildman–Crippen MR) is 67.5 cm³/mol. The van der Waals surface area contributed by atoms with E-state index in [0.29, 0.717) is 29.2 Å². The van der Waals surface area contributed by atoms with Crippen molar-refractivity contribution in [3.63, 3.8) is 0 Å². The summed E-state index contributed by atoms with van der Waals surface area (Å²) in [6.45, 7) is 4.21. The molecule has 92 valence electrons. The van der Waals surface area contributed by atoms with Crippen molar-refractivity contribution in [2.24, 2.45) is 0 Å². The number of carbonyl (C=O) groups is 1. The number of hydrogen-bond donors (Lipinski definition) is 1. The van der Waals surface area contributed by atoms with Gasteiger partial charge in [0, 0.05) is 30.1 Å². The Bertz CT molecular complexity index is 439. The number of halogens is 2. The first-order chi connectivity index (χ1) is 8.08. The van der Waals surface area contributed by atoms with Gasteiger partial charge in [-0.25, -0.2) is 4.39 Å². The smallest absolute Gasteiger partial charge is 0.255 e. The number of hydrogen-bond acceptors (Lipinski definition) is 2. The summed E-state index contributed by atoms with van der Waals surface area (Å²) in [6.07, 6.45) is 0. The van der Waals surface area contributed by atoms with Crippen LogP contribution in [0.3, 0.4) is 0 Å². The summed E-state index contributed by atoms with van der Waals surface area (Å²) < 4.78 is 13.5. The fourth-order valence-corrected chi connectivity index (χ4v) is 2.47. The van der Waals surface area contributed by atoms with Gasteiger partial charge in [0.1, 0.15) is 5.82 Å². The molecule has 0 aromatic heterocycles. The van der Waals surface area contributed by atoms with Crippen LogP contribution < -0.4 is 5.32 Å². The highest BCUT2D eigenvalue weighted by atomic mass is 79.9. The van der Waals surface area contributed by atoms with Crippen LogP contribution >= 0.6 is 15.9 Å². The minimum Gasteiger partial charge on any atom is -0.336 e. The molecule has 0 saturated carbocycles. The summed E-state index contributed by atoms with van der Waals surface area (Å²) in [4.78, 5) is 14.0. The van der Waals surface area contributed by atoms with Crippen molar-refractivity contribution in [3.8, 4) is 0 Å². The Balaban J connectivity index is 2.18. The Kier molecular flexibility index (Phi) is 3.79. The molecule has 1 aromatic carbocycles. The van der Waals surface area contributed by atoms with Gasteiger partial charge in [0.15, 0.2) is 0 Å². The van der Waals surface area contributed by atoms with E-state index in [9.17, 15) is 9.18 Å². The third-order valence-corrected chi connectivity index (χ3v) is 3.47. The number of piperazine rings is 1. The van der Waals surface area contributed by atoms with E-state index in [1.165, 1.54) is 18.2 Å². The van der Waals surface area contributed by atoms with Crippen molar-refractivity contribution in [2.75, 3.05) is 19.6 Å². The third-order valence-electron chi connectivity index (χ3n) is 2.82. The molecule has 3 nitrogen and oxygen atoms in total. The molecule has 0 radical (unpaired) electrons. The first-order valence-corrected chi connectivity index (χ1v) is 6.35. The first-order valence-electron chi connectivity index (χ1n) is 5.55. The van der Waals surface area contributed by atoms with Crippen LogP contribution in [-0.2, 0) is 0 Å². The van der Waals surface area contributed by atoms with Crippen LogP contribution in [-0.4, -0.2) is 36.5 Å². The lowest BCUT2D eigenvalue weighted by Crippen LogP contribution is -2.51. The average molecular weight is 301 g/mol. The van der Waals surface area contributed by atoms with E-state index < -0.39 is 0 Å². The quantitative estimate of drug-likeness (QED) is 0.861. The van der Waals surface area contributed by atoms with Crippen molar-refractivity contribution >= 4 is 21.8 Å². The number of benzene rings is 1. The van der Waals surface area contributed by atoms with Crippen LogP contribution in [0.15, 0.2) is 22.7 Å². The van der Waals surface area contributed by atoms with Gasteiger partial charge in [0.25, 0.3) is 5.91 Å². The lowest BCUT2D eigenvalue weighted by molar-refractivity contribution is 0.0708. The number of carbonyl (C=O) groups excluding carboxylic acids is 1. The normalized spacial score (nSPS) is 20.4. The minimum absolute atomic E-state index is 0.0507. The van der Waals surface area contributed by atoms with Gasteiger partial charge >= 0.3 is 0 Å². The second kappa shape index (κ2) is 5.14. The Morgan fingerprint density at radius 1 is 1.59 bits per heavy atom. The van der Waals surface area contributed by atoms with Crippen molar-refractivity contribution in [2.45, 2.75) is 13.0 Å². The Hall–Kier alpha value is -0.940. The van der Waals surface area contributed by atoms with Crippen molar-refractivity contribution in [1.29, 1.82) is 0 Å². The molecule has 1 aromatic rings. The number of nitrogens with zero attached hydrogens (tertiary/aromatic N) is 1. The molecule has 1 fully saturated rings. The lowest BCUT2D eigenvalue weighted by atomic mass is 10.1.